The van der Waals surface area contributed by atoms with Crippen LogP contribution in [0.3, 0.4) is 0 Å². The highest BCUT2D eigenvalue weighted by atomic mass is 32.1. The zero-order valence-electron chi connectivity index (χ0n) is 12.6. The quantitative estimate of drug-likeness (QED) is 0.772. The Bertz CT molecular complexity index is 623. The smallest absolute Gasteiger partial charge is 0.261 e. The van der Waals surface area contributed by atoms with Crippen molar-refractivity contribution in [3.8, 4) is 0 Å². The van der Waals surface area contributed by atoms with E-state index < -0.39 is 0 Å². The van der Waals surface area contributed by atoms with E-state index in [1.807, 2.05) is 42.6 Å². The van der Waals surface area contributed by atoms with E-state index >= 15 is 0 Å². The van der Waals surface area contributed by atoms with Crippen LogP contribution in [-0.2, 0) is 11.3 Å². The molecule has 0 fully saturated rings. The van der Waals surface area contributed by atoms with Gasteiger partial charge >= 0.3 is 0 Å². The molecule has 0 radical (unpaired) electrons. The van der Waals surface area contributed by atoms with E-state index in [-0.39, 0.29) is 11.8 Å². The fourth-order valence-corrected chi connectivity index (χ4v) is 2.68. The Morgan fingerprint density at radius 2 is 1.91 bits per heavy atom. The Hall–Kier alpha value is -2.14. The summed E-state index contributed by atoms with van der Waals surface area (Å²) in [5, 5.41) is 7.59. The van der Waals surface area contributed by atoms with Crippen LogP contribution in [0.2, 0.25) is 0 Å². The van der Waals surface area contributed by atoms with Gasteiger partial charge in [-0.2, -0.15) is 0 Å². The lowest BCUT2D eigenvalue weighted by Crippen LogP contribution is -2.27. The highest BCUT2D eigenvalue weighted by Gasteiger charge is 2.06. The molecule has 0 aliphatic carbocycles. The van der Waals surface area contributed by atoms with Gasteiger partial charge in [0.05, 0.1) is 4.88 Å². The van der Waals surface area contributed by atoms with Crippen molar-refractivity contribution in [3.63, 3.8) is 0 Å². The third-order valence-corrected chi connectivity index (χ3v) is 4.22. The van der Waals surface area contributed by atoms with Gasteiger partial charge in [0, 0.05) is 19.5 Å². The zero-order valence-corrected chi connectivity index (χ0v) is 13.4. The van der Waals surface area contributed by atoms with E-state index in [1.165, 1.54) is 16.9 Å². The van der Waals surface area contributed by atoms with Crippen LogP contribution in [0.1, 0.15) is 33.6 Å². The van der Waals surface area contributed by atoms with Crippen molar-refractivity contribution in [1.29, 1.82) is 0 Å². The molecule has 2 aromatic rings. The highest BCUT2D eigenvalue weighted by Crippen LogP contribution is 2.08. The standard InChI is InChI=1S/C17H20N2O2S/c1-13-6-2-3-7-14(13)12-19-16(20)9-4-10-18-17(21)15-8-5-11-22-15/h2-3,5-8,11H,4,9-10,12H2,1H3,(H,18,21)(H,19,20). The maximum absolute atomic E-state index is 11.8. The van der Waals surface area contributed by atoms with Crippen molar-refractivity contribution in [2.24, 2.45) is 0 Å². The minimum atomic E-state index is -0.0738. The lowest BCUT2D eigenvalue weighted by molar-refractivity contribution is -0.121. The number of carbonyl (C=O) groups is 2. The average Bonchev–Trinajstić information content (AvgIpc) is 3.05. The van der Waals surface area contributed by atoms with Gasteiger partial charge in [0.25, 0.3) is 5.91 Å². The predicted octanol–water partition coefficient (Wildman–Crippen LogP) is 2.88. The fraction of sp³-hybridized carbons (Fsp3) is 0.294. The van der Waals surface area contributed by atoms with E-state index in [0.29, 0.717) is 30.8 Å². The minimum absolute atomic E-state index is 0.00799. The van der Waals surface area contributed by atoms with E-state index in [2.05, 4.69) is 10.6 Å². The van der Waals surface area contributed by atoms with Crippen LogP contribution in [0.4, 0.5) is 0 Å². The van der Waals surface area contributed by atoms with Gasteiger partial charge in [-0.1, -0.05) is 30.3 Å². The third-order valence-electron chi connectivity index (χ3n) is 3.35. The molecule has 116 valence electrons. The van der Waals surface area contributed by atoms with Crippen LogP contribution in [0.15, 0.2) is 41.8 Å². The van der Waals surface area contributed by atoms with Gasteiger partial charge in [0.1, 0.15) is 0 Å². The van der Waals surface area contributed by atoms with Crippen LogP contribution < -0.4 is 10.6 Å². The third kappa shape index (κ3) is 5.00. The first-order chi connectivity index (χ1) is 10.7. The van der Waals surface area contributed by atoms with Crippen molar-refractivity contribution >= 4 is 23.2 Å². The molecule has 0 bridgehead atoms. The molecule has 2 amide bonds. The molecule has 0 spiro atoms. The minimum Gasteiger partial charge on any atom is -0.352 e. The lowest BCUT2D eigenvalue weighted by atomic mass is 10.1. The Morgan fingerprint density at radius 1 is 1.09 bits per heavy atom. The van der Waals surface area contributed by atoms with E-state index in [4.69, 9.17) is 0 Å². The molecule has 0 unspecified atom stereocenters. The van der Waals surface area contributed by atoms with Crippen LogP contribution in [0, 0.1) is 6.92 Å². The second-order valence-electron chi connectivity index (χ2n) is 5.04. The second kappa shape index (κ2) is 8.34. The number of amides is 2. The summed E-state index contributed by atoms with van der Waals surface area (Å²) in [7, 11) is 0. The van der Waals surface area contributed by atoms with Crippen LogP contribution in [-0.4, -0.2) is 18.4 Å². The van der Waals surface area contributed by atoms with Gasteiger partial charge in [-0.3, -0.25) is 9.59 Å². The Labute approximate surface area is 134 Å². The average molecular weight is 316 g/mol. The summed E-state index contributed by atoms with van der Waals surface area (Å²) in [6.07, 6.45) is 1.05. The number of nitrogens with one attached hydrogen (secondary N) is 2. The van der Waals surface area contributed by atoms with Gasteiger partial charge < -0.3 is 10.6 Å². The van der Waals surface area contributed by atoms with Gasteiger partial charge in [-0.05, 0) is 35.9 Å². The number of aryl methyl sites for hydroxylation is 1. The molecular weight excluding hydrogens is 296 g/mol. The molecule has 1 aromatic heterocycles. The van der Waals surface area contributed by atoms with Crippen molar-refractivity contribution in [1.82, 2.24) is 10.6 Å². The van der Waals surface area contributed by atoms with E-state index in [0.717, 1.165) is 5.56 Å². The van der Waals surface area contributed by atoms with Crippen LogP contribution >= 0.6 is 11.3 Å². The van der Waals surface area contributed by atoms with Gasteiger partial charge in [-0.15, -0.1) is 11.3 Å². The SMILES string of the molecule is Cc1ccccc1CNC(=O)CCCNC(=O)c1cccs1. The first kappa shape index (κ1) is 16.2. The molecule has 0 atom stereocenters. The maximum atomic E-state index is 11.8. The number of hydrogen-bond donors (Lipinski definition) is 2. The Balaban J connectivity index is 1.62. The number of rotatable bonds is 7. The molecule has 0 aliphatic rings. The normalized spacial score (nSPS) is 10.2. The molecule has 1 heterocycles. The van der Waals surface area contributed by atoms with Crippen molar-refractivity contribution in [2.75, 3.05) is 6.54 Å². The van der Waals surface area contributed by atoms with Crippen molar-refractivity contribution in [2.45, 2.75) is 26.3 Å². The summed E-state index contributed by atoms with van der Waals surface area (Å²) < 4.78 is 0. The molecule has 5 heteroatoms. The van der Waals surface area contributed by atoms with Gasteiger partial charge in [0.15, 0.2) is 0 Å². The molecule has 2 N–H and O–H groups in total. The summed E-state index contributed by atoms with van der Waals surface area (Å²) in [5.41, 5.74) is 2.30. The Morgan fingerprint density at radius 3 is 2.64 bits per heavy atom. The molecule has 0 aliphatic heterocycles. The molecular formula is C17H20N2O2S. The molecule has 0 saturated carbocycles. The summed E-state index contributed by atoms with van der Waals surface area (Å²) >= 11 is 1.41. The first-order valence-electron chi connectivity index (χ1n) is 7.29. The zero-order chi connectivity index (χ0) is 15.8. The predicted molar refractivity (Wildman–Crippen MR) is 88.9 cm³/mol. The number of carbonyl (C=O) groups excluding carboxylic acids is 2. The van der Waals surface area contributed by atoms with Crippen molar-refractivity contribution < 1.29 is 9.59 Å². The Kier molecular flexibility index (Phi) is 6.15. The number of thiophene rings is 1. The second-order valence-corrected chi connectivity index (χ2v) is 5.99. The molecule has 4 nitrogen and oxygen atoms in total. The van der Waals surface area contributed by atoms with Gasteiger partial charge in [0.2, 0.25) is 5.91 Å². The van der Waals surface area contributed by atoms with E-state index in [1.54, 1.807) is 6.07 Å². The molecule has 1 aromatic carbocycles. The van der Waals surface area contributed by atoms with Crippen LogP contribution in [0.5, 0.6) is 0 Å². The molecule has 0 saturated heterocycles. The number of benzene rings is 1. The molecule has 2 rings (SSSR count). The summed E-state index contributed by atoms with van der Waals surface area (Å²) in [6, 6.07) is 11.6. The monoisotopic (exact) mass is 316 g/mol. The molecule has 22 heavy (non-hydrogen) atoms. The highest BCUT2D eigenvalue weighted by molar-refractivity contribution is 7.12. The maximum Gasteiger partial charge on any atom is 0.261 e. The summed E-state index contributed by atoms with van der Waals surface area (Å²) in [5.74, 6) is -0.0658. The van der Waals surface area contributed by atoms with Gasteiger partial charge in [-0.25, -0.2) is 0 Å². The lowest BCUT2D eigenvalue weighted by Gasteiger charge is -2.08. The summed E-state index contributed by atoms with van der Waals surface area (Å²) in [6.45, 7) is 3.09. The first-order valence-corrected chi connectivity index (χ1v) is 8.17. The largest absolute Gasteiger partial charge is 0.352 e. The van der Waals surface area contributed by atoms with E-state index in [9.17, 15) is 9.59 Å². The topological polar surface area (TPSA) is 58.2 Å². The number of hydrogen-bond acceptors (Lipinski definition) is 3. The fourth-order valence-electron chi connectivity index (χ4n) is 2.04. The summed E-state index contributed by atoms with van der Waals surface area (Å²) in [4.78, 5) is 24.2. The van der Waals surface area contributed by atoms with Crippen molar-refractivity contribution in [3.05, 3.63) is 57.8 Å². The van der Waals surface area contributed by atoms with Crippen LogP contribution in [0.25, 0.3) is 0 Å².